The van der Waals surface area contributed by atoms with E-state index in [-0.39, 0.29) is 5.41 Å². The van der Waals surface area contributed by atoms with Crippen LogP contribution in [-0.2, 0) is 15.4 Å². The maximum Gasteiger partial charge on any atom is 0.243 e. The Bertz CT molecular complexity index is 538. The molecule has 0 aliphatic carbocycles. The Labute approximate surface area is 117 Å². The van der Waals surface area contributed by atoms with E-state index in [1.807, 2.05) is 39.0 Å². The predicted molar refractivity (Wildman–Crippen MR) is 80.0 cm³/mol. The van der Waals surface area contributed by atoms with Gasteiger partial charge in [-0.15, -0.1) is 0 Å². The molecule has 0 N–H and O–H groups in total. The Morgan fingerprint density at radius 3 is 2.05 bits per heavy atom. The molecule has 0 amide bonds. The van der Waals surface area contributed by atoms with Crippen LogP contribution in [0.5, 0.6) is 0 Å². The van der Waals surface area contributed by atoms with Crippen LogP contribution in [0.2, 0.25) is 0 Å². The molecule has 0 aliphatic rings. The molecule has 0 atom stereocenters. The van der Waals surface area contributed by atoms with Crippen molar-refractivity contribution in [2.45, 2.75) is 51.9 Å². The second-order valence-electron chi connectivity index (χ2n) is 5.82. The highest BCUT2D eigenvalue weighted by molar-refractivity contribution is 7.89. The molecule has 1 rings (SSSR count). The molecule has 0 fully saturated rings. The summed E-state index contributed by atoms with van der Waals surface area (Å²) in [7, 11) is -3.38. The first-order valence-corrected chi connectivity index (χ1v) is 8.19. The number of aryl methyl sites for hydroxylation is 1. The summed E-state index contributed by atoms with van der Waals surface area (Å²) in [4.78, 5) is 0.434. The van der Waals surface area contributed by atoms with Gasteiger partial charge >= 0.3 is 0 Å². The van der Waals surface area contributed by atoms with Crippen LogP contribution in [0.4, 0.5) is 0 Å². The molecular formula is C15H25NO2S. The van der Waals surface area contributed by atoms with Crippen LogP contribution < -0.4 is 0 Å². The van der Waals surface area contributed by atoms with Gasteiger partial charge in [0.25, 0.3) is 0 Å². The Balaban J connectivity index is 3.42. The fraction of sp³-hybridized carbons (Fsp3) is 0.600. The van der Waals surface area contributed by atoms with Gasteiger partial charge in [-0.3, -0.25) is 0 Å². The lowest BCUT2D eigenvalue weighted by Crippen LogP contribution is -2.31. The minimum Gasteiger partial charge on any atom is -0.207 e. The van der Waals surface area contributed by atoms with Crippen LogP contribution in [0.25, 0.3) is 0 Å². The molecule has 0 aromatic heterocycles. The molecule has 19 heavy (non-hydrogen) atoms. The van der Waals surface area contributed by atoms with Crippen LogP contribution >= 0.6 is 0 Å². The van der Waals surface area contributed by atoms with Crippen LogP contribution in [0.15, 0.2) is 23.1 Å². The fourth-order valence-corrected chi connectivity index (χ4v) is 3.76. The summed E-state index contributed by atoms with van der Waals surface area (Å²) in [6.45, 7) is 12.8. The lowest BCUT2D eigenvalue weighted by molar-refractivity contribution is 0.444. The van der Waals surface area contributed by atoms with Gasteiger partial charge in [0.1, 0.15) is 0 Å². The summed E-state index contributed by atoms with van der Waals surface area (Å²) in [6.07, 6.45) is 0. The van der Waals surface area contributed by atoms with Crippen molar-refractivity contribution in [2.75, 3.05) is 13.1 Å². The van der Waals surface area contributed by atoms with Gasteiger partial charge in [-0.25, -0.2) is 8.42 Å². The second-order valence-corrected chi connectivity index (χ2v) is 7.73. The third kappa shape index (κ3) is 3.37. The number of rotatable bonds is 4. The minimum absolute atomic E-state index is 0.0543. The Hall–Kier alpha value is -0.870. The maximum absolute atomic E-state index is 12.6. The molecule has 0 spiro atoms. The summed E-state index contributed by atoms with van der Waals surface area (Å²) < 4.78 is 26.7. The van der Waals surface area contributed by atoms with Gasteiger partial charge in [-0.2, -0.15) is 4.31 Å². The fourth-order valence-electron chi connectivity index (χ4n) is 2.05. The van der Waals surface area contributed by atoms with Crippen molar-refractivity contribution < 1.29 is 8.42 Å². The highest BCUT2D eigenvalue weighted by Crippen LogP contribution is 2.28. The molecule has 3 nitrogen and oxygen atoms in total. The van der Waals surface area contributed by atoms with Crippen molar-refractivity contribution in [3.63, 3.8) is 0 Å². The van der Waals surface area contributed by atoms with E-state index in [1.54, 1.807) is 0 Å². The van der Waals surface area contributed by atoms with Crippen molar-refractivity contribution in [1.82, 2.24) is 4.31 Å². The monoisotopic (exact) mass is 283 g/mol. The average molecular weight is 283 g/mol. The van der Waals surface area contributed by atoms with E-state index in [2.05, 4.69) is 20.8 Å². The van der Waals surface area contributed by atoms with Gasteiger partial charge in [-0.1, -0.05) is 46.8 Å². The summed E-state index contributed by atoms with van der Waals surface area (Å²) in [5, 5.41) is 0. The van der Waals surface area contributed by atoms with E-state index < -0.39 is 10.0 Å². The zero-order chi connectivity index (χ0) is 14.8. The van der Waals surface area contributed by atoms with Crippen molar-refractivity contribution in [3.05, 3.63) is 29.3 Å². The third-order valence-electron chi connectivity index (χ3n) is 3.38. The minimum atomic E-state index is -3.38. The molecule has 0 bridgehead atoms. The van der Waals surface area contributed by atoms with Crippen LogP contribution in [0.1, 0.15) is 45.7 Å². The van der Waals surface area contributed by atoms with E-state index in [9.17, 15) is 8.42 Å². The van der Waals surface area contributed by atoms with Crippen LogP contribution in [-0.4, -0.2) is 25.8 Å². The molecular weight excluding hydrogens is 258 g/mol. The molecule has 0 aliphatic heterocycles. The maximum atomic E-state index is 12.6. The van der Waals surface area contributed by atoms with Crippen molar-refractivity contribution in [3.8, 4) is 0 Å². The van der Waals surface area contributed by atoms with E-state index >= 15 is 0 Å². The van der Waals surface area contributed by atoms with Gasteiger partial charge < -0.3 is 0 Å². The number of nitrogens with zero attached hydrogens (tertiary/aromatic N) is 1. The number of hydrogen-bond donors (Lipinski definition) is 0. The smallest absolute Gasteiger partial charge is 0.207 e. The molecule has 4 heteroatoms. The molecule has 0 heterocycles. The zero-order valence-corrected chi connectivity index (χ0v) is 13.6. The molecule has 0 radical (unpaired) electrons. The van der Waals surface area contributed by atoms with E-state index in [0.717, 1.165) is 11.1 Å². The highest BCUT2D eigenvalue weighted by atomic mass is 32.2. The van der Waals surface area contributed by atoms with E-state index in [1.165, 1.54) is 4.31 Å². The SMILES string of the molecule is CCN(CC)S(=O)(=O)c1cc(C(C)(C)C)ccc1C. The van der Waals surface area contributed by atoms with Gasteiger partial charge in [0.05, 0.1) is 4.90 Å². The summed E-state index contributed by atoms with van der Waals surface area (Å²) in [5.74, 6) is 0. The van der Waals surface area contributed by atoms with Crippen LogP contribution in [0, 0.1) is 6.92 Å². The number of benzene rings is 1. The largest absolute Gasteiger partial charge is 0.243 e. The molecule has 1 aromatic carbocycles. The summed E-state index contributed by atoms with van der Waals surface area (Å²) in [6, 6.07) is 5.73. The average Bonchev–Trinajstić information content (AvgIpc) is 2.28. The topological polar surface area (TPSA) is 37.4 Å². The van der Waals surface area contributed by atoms with E-state index in [0.29, 0.717) is 18.0 Å². The van der Waals surface area contributed by atoms with Crippen molar-refractivity contribution in [1.29, 1.82) is 0 Å². The van der Waals surface area contributed by atoms with E-state index in [4.69, 9.17) is 0 Å². The third-order valence-corrected chi connectivity index (χ3v) is 5.57. The van der Waals surface area contributed by atoms with Gasteiger partial charge in [-0.05, 0) is 29.5 Å². The normalized spacial score (nSPS) is 13.0. The Kier molecular flexibility index (Phi) is 4.80. The lowest BCUT2D eigenvalue weighted by Gasteiger charge is -2.23. The van der Waals surface area contributed by atoms with Crippen LogP contribution in [0.3, 0.4) is 0 Å². The number of sulfonamides is 1. The zero-order valence-electron chi connectivity index (χ0n) is 12.8. The van der Waals surface area contributed by atoms with Gasteiger partial charge in [0, 0.05) is 13.1 Å². The quantitative estimate of drug-likeness (QED) is 0.850. The molecule has 0 saturated carbocycles. The highest BCUT2D eigenvalue weighted by Gasteiger charge is 2.25. The van der Waals surface area contributed by atoms with Crippen molar-refractivity contribution in [2.24, 2.45) is 0 Å². The first kappa shape index (κ1) is 16.2. The molecule has 1 aromatic rings. The van der Waals surface area contributed by atoms with Gasteiger partial charge in [0.2, 0.25) is 10.0 Å². The van der Waals surface area contributed by atoms with Gasteiger partial charge in [0.15, 0.2) is 0 Å². The molecule has 0 unspecified atom stereocenters. The Morgan fingerprint density at radius 1 is 1.11 bits per heavy atom. The molecule has 108 valence electrons. The number of hydrogen-bond acceptors (Lipinski definition) is 2. The predicted octanol–water partition coefficient (Wildman–Crippen LogP) is 3.32. The Morgan fingerprint density at radius 2 is 1.63 bits per heavy atom. The first-order chi connectivity index (χ1) is 8.64. The van der Waals surface area contributed by atoms with Crippen molar-refractivity contribution >= 4 is 10.0 Å². The first-order valence-electron chi connectivity index (χ1n) is 6.75. The standard InChI is InChI=1S/C15H25NO2S/c1-7-16(8-2)19(17,18)14-11-13(15(4,5)6)10-9-12(14)3/h9-11H,7-8H2,1-6H3. The lowest BCUT2D eigenvalue weighted by atomic mass is 9.87. The summed E-state index contributed by atoms with van der Waals surface area (Å²) in [5.41, 5.74) is 1.80. The summed E-state index contributed by atoms with van der Waals surface area (Å²) >= 11 is 0. The molecule has 0 saturated heterocycles. The second kappa shape index (κ2) is 5.63.